The van der Waals surface area contributed by atoms with Gasteiger partial charge in [0, 0.05) is 24.9 Å². The van der Waals surface area contributed by atoms with Crippen molar-refractivity contribution in [1.82, 2.24) is 4.57 Å². The number of nitrogens with zero attached hydrogens (tertiary/aromatic N) is 3. The number of allylic oxidation sites excluding steroid dienone is 1. The number of carbonyl (C=O) groups excluding carboxylic acids is 3. The van der Waals surface area contributed by atoms with E-state index in [2.05, 4.69) is 11.6 Å². The van der Waals surface area contributed by atoms with Crippen LogP contribution in [-0.4, -0.2) is 30.7 Å². The molecule has 3 aromatic rings. The molecule has 0 saturated carbocycles. The van der Waals surface area contributed by atoms with Crippen molar-refractivity contribution in [3.63, 3.8) is 0 Å². The SMILES string of the molecule is C=CCn1c(=NC(=O)c2cccc(N3C(=O)CCC3=O)c2)sc2cc(S(N)(=O)=O)ccc21. The molecule has 164 valence electrons. The van der Waals surface area contributed by atoms with Gasteiger partial charge in [0.15, 0.2) is 4.80 Å². The lowest BCUT2D eigenvalue weighted by Crippen LogP contribution is -2.28. The summed E-state index contributed by atoms with van der Waals surface area (Å²) in [5, 5.41) is 5.22. The van der Waals surface area contributed by atoms with Gasteiger partial charge >= 0.3 is 0 Å². The van der Waals surface area contributed by atoms with E-state index < -0.39 is 15.9 Å². The van der Waals surface area contributed by atoms with Gasteiger partial charge in [-0.3, -0.25) is 19.3 Å². The zero-order valence-electron chi connectivity index (χ0n) is 16.7. The summed E-state index contributed by atoms with van der Waals surface area (Å²) in [6.45, 7) is 4.06. The van der Waals surface area contributed by atoms with Crippen LogP contribution in [0.1, 0.15) is 23.2 Å². The number of hydrogen-bond acceptors (Lipinski definition) is 6. The number of sulfonamides is 1. The van der Waals surface area contributed by atoms with E-state index in [1.807, 2.05) is 0 Å². The predicted octanol–water partition coefficient (Wildman–Crippen LogP) is 1.93. The second-order valence-corrected chi connectivity index (χ2v) is 9.62. The van der Waals surface area contributed by atoms with Crippen LogP contribution in [0.25, 0.3) is 10.2 Å². The molecule has 0 spiro atoms. The van der Waals surface area contributed by atoms with Crippen LogP contribution in [0.5, 0.6) is 0 Å². The van der Waals surface area contributed by atoms with Crippen LogP contribution >= 0.6 is 11.3 Å². The fourth-order valence-corrected chi connectivity index (χ4v) is 5.11. The lowest BCUT2D eigenvalue weighted by Gasteiger charge is -2.14. The monoisotopic (exact) mass is 470 g/mol. The Hall–Kier alpha value is -3.41. The number of anilines is 1. The lowest BCUT2D eigenvalue weighted by atomic mass is 10.2. The number of rotatable bonds is 5. The maximum atomic E-state index is 12.9. The number of benzene rings is 2. The van der Waals surface area contributed by atoms with Crippen LogP contribution in [0.2, 0.25) is 0 Å². The van der Waals surface area contributed by atoms with Crippen molar-refractivity contribution in [1.29, 1.82) is 0 Å². The molecule has 1 fully saturated rings. The Morgan fingerprint density at radius 3 is 2.53 bits per heavy atom. The predicted molar refractivity (Wildman–Crippen MR) is 119 cm³/mol. The first-order valence-electron chi connectivity index (χ1n) is 9.51. The highest BCUT2D eigenvalue weighted by atomic mass is 32.2. The third-order valence-corrected chi connectivity index (χ3v) is 6.85. The number of carbonyl (C=O) groups is 3. The fourth-order valence-electron chi connectivity index (χ4n) is 3.42. The van der Waals surface area contributed by atoms with Crippen LogP contribution in [0.4, 0.5) is 5.69 Å². The normalized spacial score (nSPS) is 15.0. The number of aromatic nitrogens is 1. The van der Waals surface area contributed by atoms with Gasteiger partial charge in [0.25, 0.3) is 5.91 Å². The largest absolute Gasteiger partial charge is 0.312 e. The van der Waals surface area contributed by atoms with Gasteiger partial charge in [-0.2, -0.15) is 4.99 Å². The second-order valence-electron chi connectivity index (χ2n) is 7.05. The highest BCUT2D eigenvalue weighted by Crippen LogP contribution is 2.24. The topological polar surface area (TPSA) is 132 Å². The molecule has 1 aliphatic heterocycles. The molecule has 0 atom stereocenters. The highest BCUT2D eigenvalue weighted by Gasteiger charge is 2.30. The third kappa shape index (κ3) is 4.05. The molecule has 1 saturated heterocycles. The van der Waals surface area contributed by atoms with E-state index in [1.54, 1.807) is 34.9 Å². The molecular formula is C21H18N4O5S2. The first-order valence-corrected chi connectivity index (χ1v) is 11.9. The standard InChI is InChI=1S/C21H18N4O5S2/c1-2-10-24-16-7-6-15(32(22,29)30)12-17(16)31-21(24)23-20(28)13-4-3-5-14(11-13)25-18(26)8-9-19(25)27/h2-7,11-12H,1,8-10H2,(H2,22,29,30). The molecule has 9 nitrogen and oxygen atoms in total. The van der Waals surface area contributed by atoms with Gasteiger partial charge in [0.1, 0.15) is 0 Å². The van der Waals surface area contributed by atoms with Crippen molar-refractivity contribution in [3.05, 3.63) is 65.5 Å². The number of nitrogens with two attached hydrogens (primary N) is 1. The molecule has 0 aliphatic carbocycles. The Labute approximate surface area is 187 Å². The van der Waals surface area contributed by atoms with Crippen molar-refractivity contribution >= 4 is 55.0 Å². The van der Waals surface area contributed by atoms with Gasteiger partial charge < -0.3 is 4.57 Å². The van der Waals surface area contributed by atoms with E-state index in [0.717, 1.165) is 16.2 Å². The quantitative estimate of drug-likeness (QED) is 0.450. The molecule has 2 heterocycles. The van der Waals surface area contributed by atoms with Crippen molar-refractivity contribution in [2.75, 3.05) is 4.90 Å². The van der Waals surface area contributed by atoms with E-state index in [-0.39, 0.29) is 35.1 Å². The van der Waals surface area contributed by atoms with Crippen LogP contribution in [-0.2, 0) is 26.2 Å². The van der Waals surface area contributed by atoms with Crippen molar-refractivity contribution in [2.24, 2.45) is 10.1 Å². The van der Waals surface area contributed by atoms with Crippen LogP contribution in [0.15, 0.2) is 65.0 Å². The minimum Gasteiger partial charge on any atom is -0.312 e. The van der Waals surface area contributed by atoms with Gasteiger partial charge in [0.05, 0.1) is 20.8 Å². The van der Waals surface area contributed by atoms with Crippen LogP contribution in [0.3, 0.4) is 0 Å². The number of thiazole rings is 1. The smallest absolute Gasteiger partial charge is 0.279 e. The van der Waals surface area contributed by atoms with Crippen LogP contribution < -0.4 is 14.8 Å². The minimum absolute atomic E-state index is 0.0393. The summed E-state index contributed by atoms with van der Waals surface area (Å²) in [6, 6.07) is 10.6. The van der Waals surface area contributed by atoms with Gasteiger partial charge in [0.2, 0.25) is 21.8 Å². The van der Waals surface area contributed by atoms with Crippen molar-refractivity contribution in [2.45, 2.75) is 24.3 Å². The summed E-state index contributed by atoms with van der Waals surface area (Å²) in [5.41, 5.74) is 1.21. The zero-order valence-corrected chi connectivity index (χ0v) is 18.4. The molecule has 4 rings (SSSR count). The number of primary sulfonamides is 1. The number of imide groups is 1. The number of amides is 3. The zero-order chi connectivity index (χ0) is 23.0. The average molecular weight is 471 g/mol. The molecular weight excluding hydrogens is 452 g/mol. The lowest BCUT2D eigenvalue weighted by molar-refractivity contribution is -0.121. The maximum absolute atomic E-state index is 12.9. The molecule has 1 aliphatic rings. The number of hydrogen-bond donors (Lipinski definition) is 1. The molecule has 32 heavy (non-hydrogen) atoms. The number of fused-ring (bicyclic) bond motifs is 1. The summed E-state index contributed by atoms with van der Waals surface area (Å²) in [7, 11) is -3.88. The van der Waals surface area contributed by atoms with Gasteiger partial charge in [-0.25, -0.2) is 13.6 Å². The Morgan fingerprint density at radius 1 is 1.16 bits per heavy atom. The van der Waals surface area contributed by atoms with Crippen LogP contribution in [0, 0.1) is 0 Å². The molecule has 0 unspecified atom stereocenters. The molecule has 2 aromatic carbocycles. The average Bonchev–Trinajstić information content (AvgIpc) is 3.26. The second kappa shape index (κ2) is 8.26. The summed E-state index contributed by atoms with van der Waals surface area (Å²) in [6.07, 6.45) is 1.92. The Morgan fingerprint density at radius 2 is 1.88 bits per heavy atom. The molecule has 11 heteroatoms. The molecule has 3 amide bonds. The fraction of sp³-hybridized carbons (Fsp3) is 0.143. The molecule has 1 aromatic heterocycles. The first kappa shape index (κ1) is 21.8. The maximum Gasteiger partial charge on any atom is 0.279 e. The van der Waals surface area contributed by atoms with Gasteiger partial charge in [-0.15, -0.1) is 6.58 Å². The summed E-state index contributed by atoms with van der Waals surface area (Å²) < 4.78 is 25.7. The molecule has 0 bridgehead atoms. The van der Waals surface area contributed by atoms with E-state index in [1.165, 1.54) is 18.2 Å². The summed E-state index contributed by atoms with van der Waals surface area (Å²) in [4.78, 5) is 42.5. The van der Waals surface area contributed by atoms with Crippen molar-refractivity contribution < 1.29 is 22.8 Å². The van der Waals surface area contributed by atoms with Crippen molar-refractivity contribution in [3.8, 4) is 0 Å². The van der Waals surface area contributed by atoms with E-state index in [0.29, 0.717) is 27.3 Å². The van der Waals surface area contributed by atoms with E-state index >= 15 is 0 Å². The molecule has 2 N–H and O–H groups in total. The van der Waals surface area contributed by atoms with E-state index in [4.69, 9.17) is 5.14 Å². The summed E-state index contributed by atoms with van der Waals surface area (Å²) >= 11 is 1.14. The Balaban J connectivity index is 1.78. The van der Waals surface area contributed by atoms with E-state index in [9.17, 15) is 22.8 Å². The van der Waals surface area contributed by atoms with Gasteiger partial charge in [-0.05, 0) is 36.4 Å². The minimum atomic E-state index is -3.88. The first-order chi connectivity index (χ1) is 15.2. The molecule has 0 radical (unpaired) electrons. The Kier molecular flexibility index (Phi) is 5.63. The van der Waals surface area contributed by atoms with Gasteiger partial charge in [-0.1, -0.05) is 23.5 Å². The highest BCUT2D eigenvalue weighted by molar-refractivity contribution is 7.89. The Bertz CT molecular complexity index is 1450. The third-order valence-electron chi connectivity index (χ3n) is 4.89. The summed E-state index contributed by atoms with van der Waals surface area (Å²) in [5.74, 6) is -1.19.